The highest BCUT2D eigenvalue weighted by Crippen LogP contribution is 2.30. The number of esters is 1. The average molecular weight is 643 g/mol. The highest BCUT2D eigenvalue weighted by molar-refractivity contribution is 5.94. The number of nitrogens with two attached hydrogens (primary N) is 1. The van der Waals surface area contributed by atoms with Crippen molar-refractivity contribution in [2.45, 2.75) is 90.1 Å². The van der Waals surface area contributed by atoms with Gasteiger partial charge in [0.05, 0.1) is 6.61 Å². The minimum absolute atomic E-state index is 0.0182. The van der Waals surface area contributed by atoms with Gasteiger partial charge >= 0.3 is 12.1 Å². The van der Waals surface area contributed by atoms with Crippen molar-refractivity contribution in [1.29, 1.82) is 0 Å². The molecule has 3 atom stereocenters. The summed E-state index contributed by atoms with van der Waals surface area (Å²) < 4.78 is 10.9. The van der Waals surface area contributed by atoms with Crippen molar-refractivity contribution in [3.8, 4) is 5.75 Å². The van der Waals surface area contributed by atoms with Crippen molar-refractivity contribution in [2.24, 2.45) is 5.73 Å². The number of amides is 4. The Morgan fingerprint density at radius 2 is 1.43 bits per heavy atom. The van der Waals surface area contributed by atoms with E-state index < -0.39 is 72.3 Å². The number of phenols is 1. The molecule has 0 saturated carbocycles. The van der Waals surface area contributed by atoms with Gasteiger partial charge in [-0.25, -0.2) is 9.59 Å². The second kappa shape index (κ2) is 16.6. The van der Waals surface area contributed by atoms with E-state index in [4.69, 9.17) is 15.2 Å². The zero-order chi connectivity index (χ0) is 34.7. The zero-order valence-electron chi connectivity index (χ0n) is 27.2. The first kappa shape index (κ1) is 37.5. The molecule has 252 valence electrons. The molecule has 0 aliphatic heterocycles. The minimum Gasteiger partial charge on any atom is -0.508 e. The summed E-state index contributed by atoms with van der Waals surface area (Å²) in [6.07, 6.45) is -1.47. The van der Waals surface area contributed by atoms with Gasteiger partial charge in [0, 0.05) is 24.9 Å². The molecule has 0 saturated heterocycles. The van der Waals surface area contributed by atoms with Crippen LogP contribution < -0.4 is 16.4 Å². The third kappa shape index (κ3) is 12.4. The number of hydrogen-bond acceptors (Lipinski definition) is 9. The molecule has 2 aromatic rings. The third-order valence-corrected chi connectivity index (χ3v) is 6.37. The van der Waals surface area contributed by atoms with E-state index in [1.165, 1.54) is 24.3 Å². The van der Waals surface area contributed by atoms with Crippen LogP contribution in [-0.2, 0) is 35.1 Å². The van der Waals surface area contributed by atoms with Gasteiger partial charge in [-0.05, 0) is 59.6 Å². The molecule has 0 heterocycles. The van der Waals surface area contributed by atoms with E-state index in [0.29, 0.717) is 5.56 Å². The maximum Gasteiger partial charge on any atom is 0.408 e. The van der Waals surface area contributed by atoms with Gasteiger partial charge < -0.3 is 41.0 Å². The fraction of sp³-hybridized carbons (Fsp3) is 0.485. The van der Waals surface area contributed by atoms with Crippen molar-refractivity contribution in [3.05, 3.63) is 65.7 Å². The fourth-order valence-corrected chi connectivity index (χ4v) is 4.50. The van der Waals surface area contributed by atoms with E-state index in [1.807, 2.05) is 0 Å². The largest absolute Gasteiger partial charge is 0.508 e. The van der Waals surface area contributed by atoms with Crippen LogP contribution in [0.25, 0.3) is 0 Å². The first-order chi connectivity index (χ1) is 21.4. The number of alkyl carbamates (subject to hydrolysis) is 1. The van der Waals surface area contributed by atoms with E-state index in [0.717, 1.165) is 4.90 Å². The first-order valence-electron chi connectivity index (χ1n) is 15.0. The summed E-state index contributed by atoms with van der Waals surface area (Å²) >= 11 is 0. The number of para-hydroxylation sites is 1. The standard InChI is InChI=1S/C33H46N4O9/c1-32(2,3)45-30(43)24(20-21-12-8-7-9-13-21)35-28(41)27(22-14-10-11-15-25(22)39)37(18-19-38)29(42)23(16-17-26(34)40)36-31(44)46-33(4,5)6/h7-15,23-24,27,38-39H,16-20H2,1-6H3,(H2,34,40)(H,35,41)(H,36,44). The van der Waals surface area contributed by atoms with Crippen molar-refractivity contribution in [1.82, 2.24) is 15.5 Å². The van der Waals surface area contributed by atoms with E-state index >= 15 is 0 Å². The summed E-state index contributed by atoms with van der Waals surface area (Å²) in [5, 5.41) is 26.0. The summed E-state index contributed by atoms with van der Waals surface area (Å²) in [7, 11) is 0. The molecule has 0 aromatic heterocycles. The molecule has 0 aliphatic rings. The van der Waals surface area contributed by atoms with E-state index in [1.54, 1.807) is 71.9 Å². The Kier molecular flexibility index (Phi) is 13.5. The Morgan fingerprint density at radius 1 is 0.848 bits per heavy atom. The van der Waals surface area contributed by atoms with Crippen LogP contribution in [0, 0.1) is 0 Å². The van der Waals surface area contributed by atoms with E-state index in [2.05, 4.69) is 10.6 Å². The second-order valence-electron chi connectivity index (χ2n) is 12.7. The Labute approximate surface area is 269 Å². The number of aliphatic hydroxyl groups excluding tert-OH is 1. The van der Waals surface area contributed by atoms with Gasteiger partial charge in [0.1, 0.15) is 35.1 Å². The van der Waals surface area contributed by atoms with E-state index in [9.17, 15) is 34.2 Å². The minimum atomic E-state index is -1.60. The Bertz CT molecular complexity index is 1350. The monoisotopic (exact) mass is 642 g/mol. The molecular weight excluding hydrogens is 596 g/mol. The van der Waals surface area contributed by atoms with Crippen LogP contribution in [0.3, 0.4) is 0 Å². The molecule has 13 heteroatoms. The van der Waals surface area contributed by atoms with Gasteiger partial charge in [0.25, 0.3) is 0 Å². The molecule has 4 amide bonds. The smallest absolute Gasteiger partial charge is 0.408 e. The van der Waals surface area contributed by atoms with Crippen LogP contribution in [0.4, 0.5) is 4.79 Å². The van der Waals surface area contributed by atoms with Crippen molar-refractivity contribution in [3.63, 3.8) is 0 Å². The number of aromatic hydroxyl groups is 1. The number of ether oxygens (including phenoxy) is 2. The maximum absolute atomic E-state index is 14.2. The molecule has 0 bridgehead atoms. The van der Waals surface area contributed by atoms with Crippen LogP contribution in [0.1, 0.15) is 71.6 Å². The number of nitrogens with zero attached hydrogens (tertiary/aromatic N) is 1. The third-order valence-electron chi connectivity index (χ3n) is 6.37. The van der Waals surface area contributed by atoms with Gasteiger partial charge in [0.15, 0.2) is 0 Å². The summed E-state index contributed by atoms with van der Waals surface area (Å²) in [4.78, 5) is 66.9. The molecule has 0 aliphatic carbocycles. The lowest BCUT2D eigenvalue weighted by molar-refractivity contribution is -0.159. The lowest BCUT2D eigenvalue weighted by atomic mass is 9.99. The zero-order valence-corrected chi connectivity index (χ0v) is 27.2. The van der Waals surface area contributed by atoms with Gasteiger partial charge in [-0.15, -0.1) is 0 Å². The molecular formula is C33H46N4O9. The number of phenolic OH excluding ortho intramolecular Hbond substituents is 1. The predicted molar refractivity (Wildman–Crippen MR) is 169 cm³/mol. The molecule has 6 N–H and O–H groups in total. The van der Waals surface area contributed by atoms with Gasteiger partial charge in [-0.2, -0.15) is 0 Å². The molecule has 2 rings (SSSR count). The van der Waals surface area contributed by atoms with Crippen molar-refractivity contribution >= 4 is 29.8 Å². The number of hydrogen-bond donors (Lipinski definition) is 5. The highest BCUT2D eigenvalue weighted by atomic mass is 16.6. The topological polar surface area (TPSA) is 198 Å². The van der Waals surface area contributed by atoms with Crippen LogP contribution >= 0.6 is 0 Å². The second-order valence-corrected chi connectivity index (χ2v) is 12.7. The number of benzene rings is 2. The van der Waals surface area contributed by atoms with Gasteiger partial charge in [0.2, 0.25) is 17.7 Å². The van der Waals surface area contributed by atoms with Crippen LogP contribution in [-0.4, -0.2) is 81.3 Å². The Morgan fingerprint density at radius 3 is 1.98 bits per heavy atom. The summed E-state index contributed by atoms with van der Waals surface area (Å²) in [5.41, 5.74) is 4.23. The van der Waals surface area contributed by atoms with Gasteiger partial charge in [-0.1, -0.05) is 48.5 Å². The number of nitrogens with one attached hydrogen (secondary N) is 2. The SMILES string of the molecule is CC(C)(C)OC(=O)NC(CCC(N)=O)C(=O)N(CCO)C(C(=O)NC(Cc1ccccc1)C(=O)OC(C)(C)C)c1ccccc1O. The van der Waals surface area contributed by atoms with Crippen molar-refractivity contribution in [2.75, 3.05) is 13.2 Å². The molecule has 13 nitrogen and oxygen atoms in total. The van der Waals surface area contributed by atoms with Crippen LogP contribution in [0.15, 0.2) is 54.6 Å². The van der Waals surface area contributed by atoms with Crippen LogP contribution in [0.5, 0.6) is 5.75 Å². The molecule has 46 heavy (non-hydrogen) atoms. The van der Waals surface area contributed by atoms with Crippen LogP contribution in [0.2, 0.25) is 0 Å². The first-order valence-corrected chi connectivity index (χ1v) is 15.0. The predicted octanol–water partition coefficient (Wildman–Crippen LogP) is 2.48. The highest BCUT2D eigenvalue weighted by Gasteiger charge is 2.39. The number of primary amides is 1. The quantitative estimate of drug-likeness (QED) is 0.192. The molecule has 0 radical (unpaired) electrons. The molecule has 0 fully saturated rings. The fourth-order valence-electron chi connectivity index (χ4n) is 4.50. The van der Waals surface area contributed by atoms with Crippen molar-refractivity contribution < 1.29 is 43.7 Å². The summed E-state index contributed by atoms with van der Waals surface area (Å²) in [5.74, 6) is -3.56. The van der Waals surface area contributed by atoms with E-state index in [-0.39, 0.29) is 30.6 Å². The van der Waals surface area contributed by atoms with Gasteiger partial charge in [-0.3, -0.25) is 14.4 Å². The molecule has 2 aromatic carbocycles. The summed E-state index contributed by atoms with van der Waals surface area (Å²) in [6.45, 7) is 8.88. The normalized spacial score (nSPS) is 13.5. The maximum atomic E-state index is 14.2. The number of aliphatic hydroxyl groups is 1. The number of rotatable bonds is 14. The summed E-state index contributed by atoms with van der Waals surface area (Å²) in [6, 6.07) is 10.5. The Balaban J connectivity index is 2.59. The lowest BCUT2D eigenvalue weighted by Crippen LogP contribution is -2.55. The average Bonchev–Trinajstić information content (AvgIpc) is 2.93. The number of carbonyl (C=O) groups is 5. The Hall–Kier alpha value is -4.65. The molecule has 0 spiro atoms. The lowest BCUT2D eigenvalue weighted by Gasteiger charge is -2.35. The number of carbonyl (C=O) groups excluding carboxylic acids is 5. The molecule has 3 unspecified atom stereocenters.